The molecule has 2 amide bonds. The molecule has 8 nitrogen and oxygen atoms in total. The molecule has 0 aliphatic carbocycles. The van der Waals surface area contributed by atoms with Crippen molar-refractivity contribution in [3.05, 3.63) is 77.7 Å². The lowest BCUT2D eigenvalue weighted by Gasteiger charge is -2.13. The maximum atomic E-state index is 12.5. The summed E-state index contributed by atoms with van der Waals surface area (Å²) in [6.45, 7) is 0.925. The highest BCUT2D eigenvalue weighted by Crippen LogP contribution is 2.33. The summed E-state index contributed by atoms with van der Waals surface area (Å²) in [6, 6.07) is 11.1. The molecule has 4 aromatic rings. The highest BCUT2D eigenvalue weighted by molar-refractivity contribution is 7.13. The van der Waals surface area contributed by atoms with Gasteiger partial charge in [0.2, 0.25) is 5.91 Å². The Labute approximate surface area is 188 Å². The van der Waals surface area contributed by atoms with Crippen molar-refractivity contribution >= 4 is 23.2 Å². The second kappa shape index (κ2) is 8.72. The predicted molar refractivity (Wildman–Crippen MR) is 121 cm³/mol. The van der Waals surface area contributed by atoms with Crippen LogP contribution >= 0.6 is 11.3 Å². The number of hydrogen-bond acceptors (Lipinski definition) is 6. The lowest BCUT2D eigenvalue weighted by atomic mass is 10.0. The molecule has 160 valence electrons. The molecule has 0 radical (unpaired) electrons. The van der Waals surface area contributed by atoms with Gasteiger partial charge in [-0.2, -0.15) is 5.10 Å². The van der Waals surface area contributed by atoms with Crippen molar-refractivity contribution in [2.45, 2.75) is 19.0 Å². The molecule has 0 fully saturated rings. The molecule has 1 aromatic carbocycles. The Balaban J connectivity index is 1.26. The van der Waals surface area contributed by atoms with Gasteiger partial charge in [0, 0.05) is 30.1 Å². The van der Waals surface area contributed by atoms with Crippen molar-refractivity contribution < 1.29 is 9.59 Å². The average Bonchev–Trinajstić information content (AvgIpc) is 3.54. The Kier molecular flexibility index (Phi) is 5.47. The number of carbonyl (C=O) groups is 2. The van der Waals surface area contributed by atoms with Gasteiger partial charge in [-0.1, -0.05) is 24.3 Å². The van der Waals surface area contributed by atoms with E-state index in [0.717, 1.165) is 27.4 Å². The quantitative estimate of drug-likeness (QED) is 0.456. The lowest BCUT2D eigenvalue weighted by molar-refractivity contribution is -0.121. The first-order valence-corrected chi connectivity index (χ1v) is 11.1. The molecule has 0 saturated heterocycles. The highest BCUT2D eigenvalue weighted by atomic mass is 32.1. The second-order valence-corrected chi connectivity index (χ2v) is 8.31. The van der Waals surface area contributed by atoms with Crippen LogP contribution in [0.15, 0.2) is 66.6 Å². The Morgan fingerprint density at radius 1 is 1.12 bits per heavy atom. The van der Waals surface area contributed by atoms with Crippen molar-refractivity contribution in [2.75, 3.05) is 6.54 Å². The van der Waals surface area contributed by atoms with E-state index in [-0.39, 0.29) is 24.3 Å². The van der Waals surface area contributed by atoms with Gasteiger partial charge in [-0.15, -0.1) is 11.3 Å². The molecule has 3 aromatic heterocycles. The number of carbonyl (C=O) groups excluding carboxylic acids is 2. The minimum atomic E-state index is -0.298. The number of rotatable bonds is 7. The smallest absolute Gasteiger partial charge is 0.252 e. The van der Waals surface area contributed by atoms with E-state index < -0.39 is 0 Å². The summed E-state index contributed by atoms with van der Waals surface area (Å²) in [7, 11) is 0. The third-order valence-corrected chi connectivity index (χ3v) is 6.23. The van der Waals surface area contributed by atoms with Crippen LogP contribution in [0, 0.1) is 0 Å². The standard InChI is InChI=1S/C23H20N6O2S/c30-21(12-18-15-4-1-2-5-16(15)23(31)28-18)26-9-10-29-22(20-6-3-11-32-20)17(13-27-29)19-14-24-7-8-25-19/h1-8,11,13-14,18H,9-10,12H2,(H,26,30)(H,28,31). The van der Waals surface area contributed by atoms with Crippen molar-refractivity contribution in [1.82, 2.24) is 30.4 Å². The van der Waals surface area contributed by atoms with Crippen LogP contribution in [0.25, 0.3) is 21.8 Å². The zero-order valence-corrected chi connectivity index (χ0v) is 17.9. The van der Waals surface area contributed by atoms with Gasteiger partial charge in [-0.25, -0.2) is 0 Å². The van der Waals surface area contributed by atoms with Crippen molar-refractivity contribution in [3.8, 4) is 21.8 Å². The number of fused-ring (bicyclic) bond motifs is 1. The van der Waals surface area contributed by atoms with Crippen LogP contribution in [0.3, 0.4) is 0 Å². The molecule has 0 spiro atoms. The van der Waals surface area contributed by atoms with Crippen LogP contribution in [-0.4, -0.2) is 38.1 Å². The average molecular weight is 445 g/mol. The third-order valence-electron chi connectivity index (χ3n) is 5.35. The monoisotopic (exact) mass is 444 g/mol. The van der Waals surface area contributed by atoms with Crippen LogP contribution in [0.4, 0.5) is 0 Å². The van der Waals surface area contributed by atoms with Crippen molar-refractivity contribution in [2.24, 2.45) is 0 Å². The topological polar surface area (TPSA) is 102 Å². The summed E-state index contributed by atoms with van der Waals surface area (Å²) < 4.78 is 1.88. The molecule has 1 aliphatic rings. The van der Waals surface area contributed by atoms with E-state index >= 15 is 0 Å². The number of amides is 2. The molecule has 9 heteroatoms. The number of aromatic nitrogens is 4. The van der Waals surface area contributed by atoms with E-state index in [2.05, 4.69) is 25.7 Å². The molecule has 4 heterocycles. The minimum absolute atomic E-state index is 0.119. The van der Waals surface area contributed by atoms with Gasteiger partial charge in [0.15, 0.2) is 0 Å². The van der Waals surface area contributed by atoms with E-state index in [1.165, 1.54) is 0 Å². The van der Waals surface area contributed by atoms with Crippen LogP contribution in [0.2, 0.25) is 0 Å². The first kappa shape index (κ1) is 20.1. The van der Waals surface area contributed by atoms with Gasteiger partial charge < -0.3 is 10.6 Å². The summed E-state index contributed by atoms with van der Waals surface area (Å²) in [5, 5.41) is 12.4. The molecule has 1 atom stereocenters. The molecular formula is C23H20N6O2S. The van der Waals surface area contributed by atoms with Gasteiger partial charge in [0.05, 0.1) is 47.7 Å². The van der Waals surface area contributed by atoms with Gasteiger partial charge in [0.25, 0.3) is 5.91 Å². The first-order valence-electron chi connectivity index (χ1n) is 10.2. The lowest BCUT2D eigenvalue weighted by Crippen LogP contribution is -2.31. The van der Waals surface area contributed by atoms with Gasteiger partial charge >= 0.3 is 0 Å². The maximum Gasteiger partial charge on any atom is 0.252 e. The summed E-state index contributed by atoms with van der Waals surface area (Å²) in [4.78, 5) is 34.2. The number of nitrogens with zero attached hydrogens (tertiary/aromatic N) is 4. The zero-order chi connectivity index (χ0) is 21.9. The predicted octanol–water partition coefficient (Wildman–Crippen LogP) is 3.06. The van der Waals surface area contributed by atoms with Crippen molar-refractivity contribution in [1.29, 1.82) is 0 Å². The Morgan fingerprint density at radius 2 is 2.03 bits per heavy atom. The van der Waals surface area contributed by atoms with E-state index in [9.17, 15) is 9.59 Å². The van der Waals surface area contributed by atoms with E-state index in [4.69, 9.17) is 0 Å². The van der Waals surface area contributed by atoms with E-state index in [0.29, 0.717) is 18.7 Å². The maximum absolute atomic E-state index is 12.5. The molecule has 0 bridgehead atoms. The fourth-order valence-corrected chi connectivity index (χ4v) is 4.68. The number of thiophene rings is 1. The fraction of sp³-hybridized carbons (Fsp3) is 0.174. The first-order chi connectivity index (χ1) is 15.7. The SMILES string of the molecule is O=C(CC1NC(=O)c2ccccc21)NCCn1ncc(-c2cnccn2)c1-c1cccs1. The van der Waals surface area contributed by atoms with Crippen molar-refractivity contribution in [3.63, 3.8) is 0 Å². The summed E-state index contributed by atoms with van der Waals surface area (Å²) >= 11 is 1.62. The summed E-state index contributed by atoms with van der Waals surface area (Å²) in [5.41, 5.74) is 4.11. The summed E-state index contributed by atoms with van der Waals surface area (Å²) in [6.07, 6.45) is 6.99. The Bertz CT molecular complexity index is 1250. The molecule has 1 aliphatic heterocycles. The summed E-state index contributed by atoms with van der Waals surface area (Å²) in [5.74, 6) is -0.252. The number of benzene rings is 1. The molecule has 32 heavy (non-hydrogen) atoms. The molecule has 0 saturated carbocycles. The molecular weight excluding hydrogens is 424 g/mol. The fourth-order valence-electron chi connectivity index (χ4n) is 3.89. The Hall–Kier alpha value is -3.85. The molecule has 1 unspecified atom stereocenters. The van der Waals surface area contributed by atoms with Crippen LogP contribution in [-0.2, 0) is 11.3 Å². The van der Waals surface area contributed by atoms with Gasteiger partial charge in [0.1, 0.15) is 0 Å². The van der Waals surface area contributed by atoms with Gasteiger partial charge in [-0.05, 0) is 23.1 Å². The number of hydrogen-bond donors (Lipinski definition) is 2. The van der Waals surface area contributed by atoms with Crippen LogP contribution < -0.4 is 10.6 Å². The van der Waals surface area contributed by atoms with E-state index in [1.807, 2.05) is 40.4 Å². The normalized spacial score (nSPS) is 14.8. The zero-order valence-electron chi connectivity index (χ0n) is 17.1. The van der Waals surface area contributed by atoms with E-state index in [1.54, 1.807) is 42.2 Å². The Morgan fingerprint density at radius 3 is 2.84 bits per heavy atom. The van der Waals surface area contributed by atoms with Crippen LogP contribution in [0.5, 0.6) is 0 Å². The third kappa shape index (κ3) is 3.90. The largest absolute Gasteiger partial charge is 0.354 e. The molecule has 5 rings (SSSR count). The second-order valence-electron chi connectivity index (χ2n) is 7.37. The van der Waals surface area contributed by atoms with Crippen LogP contribution in [0.1, 0.15) is 28.4 Å². The number of nitrogens with one attached hydrogen (secondary N) is 2. The van der Waals surface area contributed by atoms with Gasteiger partial charge in [-0.3, -0.25) is 24.2 Å². The minimum Gasteiger partial charge on any atom is -0.354 e. The highest BCUT2D eigenvalue weighted by Gasteiger charge is 2.29. The molecule has 2 N–H and O–H groups in total.